The molecule has 6 heteroatoms. The third-order valence-corrected chi connectivity index (χ3v) is 4.92. The summed E-state index contributed by atoms with van der Waals surface area (Å²) in [7, 11) is 6.75. The van der Waals surface area contributed by atoms with Gasteiger partial charge in [0.05, 0.1) is 20.3 Å². The number of ether oxygens (including phenoxy) is 3. The summed E-state index contributed by atoms with van der Waals surface area (Å²) in [5.74, 6) is 0.985. The van der Waals surface area contributed by atoms with E-state index in [9.17, 15) is 10.2 Å². The fourth-order valence-corrected chi connectivity index (χ4v) is 3.47. The largest absolute Gasteiger partial charge is 0.504 e. The van der Waals surface area contributed by atoms with Crippen LogP contribution in [0.15, 0.2) is 24.3 Å². The Balaban J connectivity index is 2.32. The molecule has 0 aromatic heterocycles. The molecule has 0 fully saturated rings. The van der Waals surface area contributed by atoms with E-state index in [4.69, 9.17) is 14.2 Å². The zero-order valence-corrected chi connectivity index (χ0v) is 15.6. The van der Waals surface area contributed by atoms with Crippen molar-refractivity contribution in [2.24, 2.45) is 0 Å². The third-order valence-electron chi connectivity index (χ3n) is 4.92. The van der Waals surface area contributed by atoms with Crippen LogP contribution in [0.2, 0.25) is 0 Å². The molecule has 140 valence electrons. The summed E-state index contributed by atoms with van der Waals surface area (Å²) in [6, 6.07) is 7.10. The van der Waals surface area contributed by atoms with Crippen LogP contribution in [0.25, 0.3) is 11.1 Å². The van der Waals surface area contributed by atoms with Gasteiger partial charge in [0.2, 0.25) is 0 Å². The number of phenolic OH excluding ortho intramolecular Hbond substituents is 2. The van der Waals surface area contributed by atoms with Crippen molar-refractivity contribution < 1.29 is 24.4 Å². The van der Waals surface area contributed by atoms with Crippen LogP contribution >= 0.6 is 0 Å². The van der Waals surface area contributed by atoms with Gasteiger partial charge < -0.3 is 29.3 Å². The molecule has 26 heavy (non-hydrogen) atoms. The van der Waals surface area contributed by atoms with Gasteiger partial charge in [-0.15, -0.1) is 0 Å². The predicted octanol–water partition coefficient (Wildman–Crippen LogP) is 2.96. The number of nitrogens with zero attached hydrogens (tertiary/aromatic N) is 1. The maximum absolute atomic E-state index is 10.3. The van der Waals surface area contributed by atoms with E-state index in [1.165, 1.54) is 14.2 Å². The Labute approximate surface area is 153 Å². The van der Waals surface area contributed by atoms with Crippen molar-refractivity contribution in [2.45, 2.75) is 12.5 Å². The van der Waals surface area contributed by atoms with Crippen LogP contribution in [-0.2, 0) is 11.2 Å². The smallest absolute Gasteiger partial charge is 0.161 e. The number of hydrogen-bond donors (Lipinski definition) is 2. The second kappa shape index (κ2) is 7.43. The minimum absolute atomic E-state index is 0.0718. The molecular formula is C20H25NO5. The molecule has 0 saturated carbocycles. The van der Waals surface area contributed by atoms with E-state index in [0.29, 0.717) is 18.0 Å². The van der Waals surface area contributed by atoms with Crippen LogP contribution in [-0.4, -0.2) is 56.6 Å². The van der Waals surface area contributed by atoms with E-state index in [1.54, 1.807) is 19.2 Å². The van der Waals surface area contributed by atoms with Crippen molar-refractivity contribution in [3.05, 3.63) is 35.4 Å². The number of hydrogen-bond acceptors (Lipinski definition) is 6. The summed E-state index contributed by atoms with van der Waals surface area (Å²) >= 11 is 0. The summed E-state index contributed by atoms with van der Waals surface area (Å²) in [5.41, 5.74) is 3.70. The molecule has 1 aliphatic heterocycles. The molecule has 0 radical (unpaired) electrons. The van der Waals surface area contributed by atoms with Gasteiger partial charge in [-0.25, -0.2) is 0 Å². The van der Waals surface area contributed by atoms with E-state index in [-0.39, 0.29) is 17.6 Å². The van der Waals surface area contributed by atoms with E-state index >= 15 is 0 Å². The number of phenols is 2. The molecule has 1 heterocycles. The van der Waals surface area contributed by atoms with Crippen molar-refractivity contribution in [1.29, 1.82) is 0 Å². The van der Waals surface area contributed by atoms with E-state index in [2.05, 4.69) is 4.90 Å². The Bertz CT molecular complexity index is 805. The summed E-state index contributed by atoms with van der Waals surface area (Å²) in [4.78, 5) is 2.18. The minimum Gasteiger partial charge on any atom is -0.504 e. The highest BCUT2D eigenvalue weighted by Gasteiger charge is 2.25. The monoisotopic (exact) mass is 359 g/mol. The molecule has 0 saturated heterocycles. The highest BCUT2D eigenvalue weighted by Crippen LogP contribution is 2.43. The zero-order valence-electron chi connectivity index (χ0n) is 15.6. The zero-order chi connectivity index (χ0) is 18.8. The Morgan fingerprint density at radius 1 is 0.923 bits per heavy atom. The van der Waals surface area contributed by atoms with Gasteiger partial charge in [0, 0.05) is 20.2 Å². The summed E-state index contributed by atoms with van der Waals surface area (Å²) in [6.07, 6.45) is 0.556. The average Bonchev–Trinajstić information content (AvgIpc) is 2.68. The lowest BCUT2D eigenvalue weighted by atomic mass is 9.91. The van der Waals surface area contributed by atoms with Crippen molar-refractivity contribution in [1.82, 2.24) is 4.90 Å². The van der Waals surface area contributed by atoms with Crippen LogP contribution in [0, 0.1) is 0 Å². The van der Waals surface area contributed by atoms with Gasteiger partial charge >= 0.3 is 0 Å². The molecule has 1 unspecified atom stereocenters. The summed E-state index contributed by atoms with van der Waals surface area (Å²) in [5, 5.41) is 20.5. The average molecular weight is 359 g/mol. The molecule has 6 nitrogen and oxygen atoms in total. The molecule has 1 aliphatic rings. The molecule has 0 spiro atoms. The van der Waals surface area contributed by atoms with Crippen LogP contribution < -0.4 is 9.47 Å². The van der Waals surface area contributed by atoms with Gasteiger partial charge in [0.25, 0.3) is 0 Å². The topological polar surface area (TPSA) is 71.4 Å². The first kappa shape index (κ1) is 18.4. The number of rotatable bonds is 3. The standard InChI is InChI=1S/C20H25NO5/c1-21-6-5-12-7-16(22)18(24-2)9-13(12)14-10-19(25-3)17(23)8-15(14)20(11-21)26-4/h7-10,20,22-23H,5-6,11H2,1-4H3. The minimum atomic E-state index is -0.211. The fourth-order valence-electron chi connectivity index (χ4n) is 3.47. The maximum Gasteiger partial charge on any atom is 0.161 e. The van der Waals surface area contributed by atoms with Crippen LogP contribution in [0.4, 0.5) is 0 Å². The maximum atomic E-state index is 10.3. The van der Waals surface area contributed by atoms with Crippen LogP contribution in [0.1, 0.15) is 17.2 Å². The van der Waals surface area contributed by atoms with E-state index < -0.39 is 0 Å². The van der Waals surface area contributed by atoms with Gasteiger partial charge in [-0.2, -0.15) is 0 Å². The lowest BCUT2D eigenvalue weighted by Crippen LogP contribution is -2.27. The first-order valence-corrected chi connectivity index (χ1v) is 8.51. The van der Waals surface area contributed by atoms with Crippen LogP contribution in [0.5, 0.6) is 23.0 Å². The molecule has 1 atom stereocenters. The third kappa shape index (κ3) is 3.30. The number of likely N-dealkylation sites (N-methyl/N-ethyl adjacent to an activating group) is 1. The van der Waals surface area contributed by atoms with Gasteiger partial charge in [-0.05, 0) is 60.0 Å². The first-order chi connectivity index (χ1) is 12.5. The summed E-state index contributed by atoms with van der Waals surface area (Å²) < 4.78 is 16.4. The fraction of sp³-hybridized carbons (Fsp3) is 0.400. The molecule has 2 N–H and O–H groups in total. The predicted molar refractivity (Wildman–Crippen MR) is 99.3 cm³/mol. The lowest BCUT2D eigenvalue weighted by Gasteiger charge is -2.24. The second-order valence-corrected chi connectivity index (χ2v) is 6.53. The van der Waals surface area contributed by atoms with Crippen molar-refractivity contribution in [3.8, 4) is 34.1 Å². The molecule has 3 rings (SSSR count). The normalized spacial score (nSPS) is 17.5. The Morgan fingerprint density at radius 3 is 2.15 bits per heavy atom. The number of fused-ring (bicyclic) bond motifs is 3. The Kier molecular flexibility index (Phi) is 5.25. The van der Waals surface area contributed by atoms with Gasteiger partial charge in [-0.1, -0.05) is 0 Å². The second-order valence-electron chi connectivity index (χ2n) is 6.53. The first-order valence-electron chi connectivity index (χ1n) is 8.51. The van der Waals surface area contributed by atoms with Gasteiger partial charge in [0.15, 0.2) is 23.0 Å². The molecular weight excluding hydrogens is 334 g/mol. The summed E-state index contributed by atoms with van der Waals surface area (Å²) in [6.45, 7) is 1.50. The quantitative estimate of drug-likeness (QED) is 0.878. The number of benzene rings is 2. The Hall–Kier alpha value is -2.44. The van der Waals surface area contributed by atoms with Crippen molar-refractivity contribution in [3.63, 3.8) is 0 Å². The van der Waals surface area contributed by atoms with E-state index in [1.807, 2.05) is 19.2 Å². The number of methoxy groups -OCH3 is 3. The Morgan fingerprint density at radius 2 is 1.54 bits per heavy atom. The van der Waals surface area contributed by atoms with Gasteiger partial charge in [-0.3, -0.25) is 0 Å². The van der Waals surface area contributed by atoms with Crippen LogP contribution in [0.3, 0.4) is 0 Å². The van der Waals surface area contributed by atoms with Crippen molar-refractivity contribution in [2.75, 3.05) is 41.5 Å². The molecule has 0 bridgehead atoms. The van der Waals surface area contributed by atoms with Crippen molar-refractivity contribution >= 4 is 0 Å². The molecule has 0 amide bonds. The SMILES string of the molecule is COc1cc2c(cc1O)CCN(C)CC(OC)c1cc(O)c(OC)cc1-2. The molecule has 2 aromatic rings. The number of aromatic hydroxyl groups is 2. The highest BCUT2D eigenvalue weighted by atomic mass is 16.5. The van der Waals surface area contributed by atoms with Gasteiger partial charge in [0.1, 0.15) is 0 Å². The lowest BCUT2D eigenvalue weighted by molar-refractivity contribution is 0.0725. The molecule has 2 aromatic carbocycles. The highest BCUT2D eigenvalue weighted by molar-refractivity contribution is 5.77. The van der Waals surface area contributed by atoms with E-state index in [0.717, 1.165) is 35.2 Å². The molecule has 0 aliphatic carbocycles.